The number of benzene rings is 5. The zero-order valence-corrected chi connectivity index (χ0v) is 32.4. The van der Waals surface area contributed by atoms with E-state index in [0.29, 0.717) is 0 Å². The summed E-state index contributed by atoms with van der Waals surface area (Å²) in [6.07, 6.45) is 0. The van der Waals surface area contributed by atoms with Crippen LogP contribution in [0, 0.1) is 0 Å². The van der Waals surface area contributed by atoms with Gasteiger partial charge < -0.3 is 22.6 Å². The molecule has 1 heterocycles. The number of rotatable bonds is 10. The molecule has 0 spiro atoms. The predicted molar refractivity (Wildman–Crippen MR) is 199 cm³/mol. The largest absolute Gasteiger partial charge is 0.443 e. The van der Waals surface area contributed by atoms with Crippen molar-refractivity contribution >= 4 is 46.5 Å². The fraction of sp³-hybridized carbons (Fsp3) is 0. The van der Waals surface area contributed by atoms with E-state index in [0.717, 1.165) is 60.7 Å². The van der Waals surface area contributed by atoms with Crippen LogP contribution in [0.1, 0.15) is 0 Å². The molecule has 5 atom stereocenters. The van der Waals surface area contributed by atoms with Gasteiger partial charge in [0.2, 0.25) is 0 Å². The lowest BCUT2D eigenvalue weighted by Gasteiger charge is -2.22. The Morgan fingerprint density at radius 2 is 0.444 bits per heavy atom. The van der Waals surface area contributed by atoms with Crippen LogP contribution >= 0.6 is 46.5 Å². The number of para-hydroxylation sites is 5. The SMILES string of the molecule is FP1(F)=NP(F)(Oc2ccccc2)=NP(F)(Oc2ccccc2)=NP(F)(Oc2ccccc2)=NP(F)(Oc2ccccc2)=NP(F)(Oc2ccccc2)=N1. The van der Waals surface area contributed by atoms with Crippen LogP contribution in [0.4, 0.5) is 29.4 Å². The highest BCUT2D eigenvalue weighted by Crippen LogP contribution is 2.81. The lowest BCUT2D eigenvalue weighted by atomic mass is 10.3. The van der Waals surface area contributed by atoms with Gasteiger partial charge in [0, 0.05) is 0 Å². The van der Waals surface area contributed by atoms with E-state index in [9.17, 15) is 0 Å². The summed E-state index contributed by atoms with van der Waals surface area (Å²) in [6.45, 7) is 0. The molecule has 0 saturated heterocycles. The first-order valence-electron chi connectivity index (χ1n) is 15.1. The van der Waals surface area contributed by atoms with Crippen molar-refractivity contribution in [3.05, 3.63) is 152 Å². The predicted octanol–water partition coefficient (Wildman–Crippen LogP) is 16.9. The van der Waals surface area contributed by atoms with E-state index in [1.165, 1.54) is 91.0 Å². The molecular weight excluding hydrogens is 843 g/mol. The Balaban J connectivity index is 1.74. The van der Waals surface area contributed by atoms with E-state index < -0.39 is 75.3 Å². The van der Waals surface area contributed by atoms with Gasteiger partial charge in [0.15, 0.2) is 0 Å². The second-order valence-electron chi connectivity index (χ2n) is 10.4. The number of hydrogen-bond acceptors (Lipinski definition) is 11. The van der Waals surface area contributed by atoms with Gasteiger partial charge in [-0.2, -0.15) is 0 Å². The molecule has 0 radical (unpaired) electrons. The third kappa shape index (κ3) is 11.3. The van der Waals surface area contributed by atoms with Crippen molar-refractivity contribution < 1.29 is 52.0 Å². The molecule has 54 heavy (non-hydrogen) atoms. The molecule has 0 bridgehead atoms. The Labute approximate surface area is 305 Å². The molecule has 0 amide bonds. The average Bonchev–Trinajstić information content (AvgIpc) is 3.08. The quantitative estimate of drug-likeness (QED) is 0.102. The molecule has 0 saturated carbocycles. The minimum atomic E-state index is -6.82. The van der Waals surface area contributed by atoms with Gasteiger partial charge in [0.1, 0.15) is 28.7 Å². The van der Waals surface area contributed by atoms with Crippen LogP contribution in [-0.2, 0) is 0 Å². The highest BCUT2D eigenvalue weighted by atomic mass is 31.3. The first-order valence-corrected chi connectivity index (χ1v) is 24.1. The molecule has 0 N–H and O–H groups in total. The summed E-state index contributed by atoms with van der Waals surface area (Å²) in [5, 5.41) is 0. The first kappa shape index (κ1) is 39.7. The van der Waals surface area contributed by atoms with Gasteiger partial charge in [-0.1, -0.05) is 91.0 Å². The molecule has 0 aromatic heterocycles. The molecule has 0 aliphatic carbocycles. The van der Waals surface area contributed by atoms with E-state index in [4.69, 9.17) is 22.6 Å². The molecule has 284 valence electrons. The van der Waals surface area contributed by atoms with Crippen molar-refractivity contribution in [3.8, 4) is 28.7 Å². The maximum absolute atomic E-state index is 17.5. The average molecular weight is 868 g/mol. The minimum Gasteiger partial charge on any atom is -0.419 e. The number of nitrogens with zero attached hydrogens (tertiary/aromatic N) is 6. The van der Waals surface area contributed by atoms with Crippen molar-refractivity contribution in [2.45, 2.75) is 0 Å². The van der Waals surface area contributed by atoms with Gasteiger partial charge in [0.25, 0.3) is 0 Å². The Kier molecular flexibility index (Phi) is 12.0. The van der Waals surface area contributed by atoms with Gasteiger partial charge in [-0.05, 0) is 60.7 Å². The summed E-state index contributed by atoms with van der Waals surface area (Å²) in [5.74, 6) is -2.33. The summed E-state index contributed by atoms with van der Waals surface area (Å²) in [7, 11) is -37.4. The summed E-state index contributed by atoms with van der Waals surface area (Å²) in [6, 6.07) is 31.8. The van der Waals surface area contributed by atoms with Gasteiger partial charge in [-0.25, -0.2) is 0 Å². The van der Waals surface area contributed by atoms with Crippen LogP contribution in [0.3, 0.4) is 0 Å². The Bertz CT molecular complexity index is 2350. The van der Waals surface area contributed by atoms with Crippen LogP contribution in [0.15, 0.2) is 179 Å². The fourth-order valence-corrected chi connectivity index (χ4v) is 16.9. The number of hydrogen-bond donors (Lipinski definition) is 0. The summed E-state index contributed by atoms with van der Waals surface area (Å²) in [4.78, 5) is 0. The van der Waals surface area contributed by atoms with Crippen LogP contribution in [0.2, 0.25) is 0 Å². The summed E-state index contributed by atoms with van der Waals surface area (Å²) >= 11 is 0. The molecule has 5 aromatic carbocycles. The van der Waals surface area contributed by atoms with E-state index in [1.54, 1.807) is 0 Å². The molecule has 5 unspecified atom stereocenters. The summed E-state index contributed by atoms with van der Waals surface area (Å²) in [5.41, 5.74) is 0. The lowest BCUT2D eigenvalue weighted by molar-refractivity contribution is 0.525. The third-order valence-electron chi connectivity index (χ3n) is 6.14. The van der Waals surface area contributed by atoms with Crippen LogP contribution < -0.4 is 22.6 Å². The lowest BCUT2D eigenvalue weighted by Crippen LogP contribution is -1.94. The molecule has 11 nitrogen and oxygen atoms in total. The van der Waals surface area contributed by atoms with Crippen molar-refractivity contribution in [1.82, 2.24) is 0 Å². The zero-order valence-electron chi connectivity index (χ0n) is 27.0. The standard InChI is InChI=1S/C30H25F7N6O5P6/c31-49(32)38-50(33,44-26-16-6-1-7-17-26)40-52(35,46-28-20-10-3-11-21-28)42-54(37,48-30-24-14-5-15-25-30)43-53(36,47-29-22-12-4-13-23-29)41-51(34,39-49)45-27-18-8-2-9-19-27/h1-25H. The van der Waals surface area contributed by atoms with Gasteiger partial charge in [0.05, 0.1) is 0 Å². The highest BCUT2D eigenvalue weighted by Gasteiger charge is 2.45. The first-order chi connectivity index (χ1) is 25.6. The van der Waals surface area contributed by atoms with Crippen LogP contribution in [-0.4, -0.2) is 0 Å². The Morgan fingerprint density at radius 3 is 0.667 bits per heavy atom. The van der Waals surface area contributed by atoms with E-state index in [-0.39, 0.29) is 0 Å². The van der Waals surface area contributed by atoms with E-state index >= 15 is 29.4 Å². The van der Waals surface area contributed by atoms with Gasteiger partial charge in [-0.15, -0.1) is 56.5 Å². The van der Waals surface area contributed by atoms with Crippen LogP contribution in [0.25, 0.3) is 0 Å². The Morgan fingerprint density at radius 1 is 0.259 bits per heavy atom. The maximum atomic E-state index is 17.5. The second-order valence-corrected chi connectivity index (χ2v) is 21.2. The topological polar surface area (TPSA) is 120 Å². The van der Waals surface area contributed by atoms with Crippen molar-refractivity contribution in [2.24, 2.45) is 27.1 Å². The molecule has 5 aromatic rings. The molecule has 24 heteroatoms. The molecule has 1 aliphatic heterocycles. The van der Waals surface area contributed by atoms with Gasteiger partial charge in [-0.3, -0.25) is 0 Å². The van der Waals surface area contributed by atoms with E-state index in [1.807, 2.05) is 0 Å². The summed E-state index contributed by atoms with van der Waals surface area (Å²) < 4.78 is 163. The fourth-order valence-electron chi connectivity index (χ4n) is 4.18. The molecule has 6 rings (SSSR count). The van der Waals surface area contributed by atoms with Crippen molar-refractivity contribution in [2.75, 3.05) is 0 Å². The van der Waals surface area contributed by atoms with Gasteiger partial charge >= 0.3 is 46.5 Å². The maximum Gasteiger partial charge on any atom is 0.443 e. The highest BCUT2D eigenvalue weighted by molar-refractivity contribution is 7.78. The van der Waals surface area contributed by atoms with E-state index in [2.05, 4.69) is 27.1 Å². The smallest absolute Gasteiger partial charge is 0.419 e. The number of halogens is 7. The Hall–Kier alpha value is -4.01. The zero-order chi connectivity index (χ0) is 38.3. The minimum absolute atomic E-state index is 0.430. The molecule has 0 fully saturated rings. The van der Waals surface area contributed by atoms with Crippen LogP contribution in [0.5, 0.6) is 28.7 Å². The van der Waals surface area contributed by atoms with Crippen molar-refractivity contribution in [1.29, 1.82) is 0 Å². The molecular formula is C30H25F7N6O5P6. The monoisotopic (exact) mass is 868 g/mol. The normalized spacial score (nSPS) is 27.8. The van der Waals surface area contributed by atoms with Crippen molar-refractivity contribution in [3.63, 3.8) is 0 Å². The second kappa shape index (κ2) is 16.4. The third-order valence-corrected chi connectivity index (χ3v) is 18.9. The molecule has 1 aliphatic rings.